The summed E-state index contributed by atoms with van der Waals surface area (Å²) in [7, 11) is 0. The van der Waals surface area contributed by atoms with Crippen LogP contribution in [-0.4, -0.2) is 34.4 Å². The van der Waals surface area contributed by atoms with E-state index in [4.69, 9.17) is 9.84 Å². The summed E-state index contributed by atoms with van der Waals surface area (Å²) in [6, 6.07) is 7.16. The highest BCUT2D eigenvalue weighted by Gasteiger charge is 2.33. The van der Waals surface area contributed by atoms with Crippen LogP contribution < -0.4 is 10.1 Å². The highest BCUT2D eigenvalue weighted by atomic mass is 16.5. The van der Waals surface area contributed by atoms with Gasteiger partial charge in [-0.05, 0) is 38.5 Å². The smallest absolute Gasteiger partial charge is 0.323 e. The Bertz CT molecular complexity index is 430. The molecule has 1 atom stereocenters. The van der Waals surface area contributed by atoms with E-state index in [1.165, 1.54) is 0 Å². The average molecular weight is 281 g/mol. The van der Waals surface area contributed by atoms with Gasteiger partial charge in [0.1, 0.15) is 11.3 Å². The van der Waals surface area contributed by atoms with E-state index < -0.39 is 11.5 Å². The lowest BCUT2D eigenvalue weighted by Crippen LogP contribution is -2.53. The molecule has 3 N–H and O–H groups in total. The van der Waals surface area contributed by atoms with Crippen LogP contribution in [0.25, 0.3) is 0 Å². The minimum atomic E-state index is -1.00. The SMILES string of the molecule is CC(C)NC(C)(CCOc1ccc(CO)cc1)C(=O)O. The molecule has 0 saturated carbocycles. The molecule has 0 amide bonds. The maximum absolute atomic E-state index is 11.3. The Balaban J connectivity index is 2.53. The van der Waals surface area contributed by atoms with Gasteiger partial charge in [0.05, 0.1) is 13.2 Å². The first kappa shape index (κ1) is 16.5. The minimum absolute atomic E-state index is 0.00429. The molecule has 112 valence electrons. The number of aliphatic hydroxyl groups excluding tert-OH is 1. The summed E-state index contributed by atoms with van der Waals surface area (Å²) in [5.41, 5.74) is -0.187. The zero-order chi connectivity index (χ0) is 15.2. The summed E-state index contributed by atoms with van der Waals surface area (Å²) in [5, 5.41) is 21.3. The van der Waals surface area contributed by atoms with E-state index in [0.29, 0.717) is 18.8 Å². The number of aliphatic hydroxyl groups is 1. The number of carbonyl (C=O) groups is 1. The molecule has 0 aromatic heterocycles. The molecule has 0 aliphatic rings. The Labute approximate surface area is 119 Å². The molecule has 0 fully saturated rings. The Morgan fingerprint density at radius 3 is 2.40 bits per heavy atom. The summed E-state index contributed by atoms with van der Waals surface area (Å²) in [6.07, 6.45) is 0.363. The Morgan fingerprint density at radius 2 is 1.95 bits per heavy atom. The largest absolute Gasteiger partial charge is 0.494 e. The van der Waals surface area contributed by atoms with E-state index in [1.807, 2.05) is 13.8 Å². The van der Waals surface area contributed by atoms with Crippen LogP contribution in [0.2, 0.25) is 0 Å². The van der Waals surface area contributed by atoms with Gasteiger partial charge in [-0.2, -0.15) is 0 Å². The summed E-state index contributed by atoms with van der Waals surface area (Å²) < 4.78 is 5.55. The second kappa shape index (κ2) is 7.26. The molecule has 5 nitrogen and oxygen atoms in total. The fraction of sp³-hybridized carbons (Fsp3) is 0.533. The maximum Gasteiger partial charge on any atom is 0.323 e. The molecular weight excluding hydrogens is 258 g/mol. The van der Waals surface area contributed by atoms with Crippen molar-refractivity contribution in [2.45, 2.75) is 45.4 Å². The molecular formula is C15H23NO4. The highest BCUT2D eigenvalue weighted by Crippen LogP contribution is 2.16. The van der Waals surface area contributed by atoms with E-state index in [-0.39, 0.29) is 12.6 Å². The van der Waals surface area contributed by atoms with Crippen LogP contribution in [0.3, 0.4) is 0 Å². The second-order valence-corrected chi connectivity index (χ2v) is 5.34. The summed E-state index contributed by atoms with van der Waals surface area (Å²) in [5.74, 6) is -0.218. The van der Waals surface area contributed by atoms with E-state index in [2.05, 4.69) is 5.32 Å². The number of nitrogens with one attached hydrogen (secondary N) is 1. The van der Waals surface area contributed by atoms with Crippen molar-refractivity contribution in [1.82, 2.24) is 5.32 Å². The van der Waals surface area contributed by atoms with Gasteiger partial charge < -0.3 is 14.9 Å². The molecule has 5 heteroatoms. The number of aliphatic carboxylic acids is 1. The van der Waals surface area contributed by atoms with E-state index >= 15 is 0 Å². The van der Waals surface area contributed by atoms with Gasteiger partial charge in [0.2, 0.25) is 0 Å². The van der Waals surface area contributed by atoms with Crippen molar-refractivity contribution in [3.63, 3.8) is 0 Å². The number of carboxylic acids is 1. The Hall–Kier alpha value is -1.59. The van der Waals surface area contributed by atoms with Crippen molar-refractivity contribution >= 4 is 5.97 Å². The molecule has 1 aromatic carbocycles. The maximum atomic E-state index is 11.3. The van der Waals surface area contributed by atoms with Crippen molar-refractivity contribution in [2.24, 2.45) is 0 Å². The van der Waals surface area contributed by atoms with Crippen LogP contribution in [-0.2, 0) is 11.4 Å². The van der Waals surface area contributed by atoms with Gasteiger partial charge in [-0.25, -0.2) is 0 Å². The van der Waals surface area contributed by atoms with Crippen LogP contribution in [0.1, 0.15) is 32.8 Å². The molecule has 0 aliphatic heterocycles. The fourth-order valence-corrected chi connectivity index (χ4v) is 1.94. The predicted molar refractivity (Wildman–Crippen MR) is 76.8 cm³/mol. The van der Waals surface area contributed by atoms with Gasteiger partial charge in [-0.1, -0.05) is 12.1 Å². The third-order valence-corrected chi connectivity index (χ3v) is 3.06. The first-order chi connectivity index (χ1) is 9.37. The number of hydrogen-bond acceptors (Lipinski definition) is 4. The Kier molecular flexibility index (Phi) is 5.98. The lowest BCUT2D eigenvalue weighted by atomic mass is 9.97. The van der Waals surface area contributed by atoms with Gasteiger partial charge in [0, 0.05) is 12.5 Å². The van der Waals surface area contributed by atoms with Crippen molar-refractivity contribution in [1.29, 1.82) is 0 Å². The van der Waals surface area contributed by atoms with Gasteiger partial charge in [-0.3, -0.25) is 10.1 Å². The van der Waals surface area contributed by atoms with E-state index in [1.54, 1.807) is 31.2 Å². The van der Waals surface area contributed by atoms with Gasteiger partial charge >= 0.3 is 5.97 Å². The molecule has 0 saturated heterocycles. The second-order valence-electron chi connectivity index (χ2n) is 5.34. The van der Waals surface area contributed by atoms with Gasteiger partial charge in [0.25, 0.3) is 0 Å². The zero-order valence-corrected chi connectivity index (χ0v) is 12.2. The van der Waals surface area contributed by atoms with Crippen molar-refractivity contribution < 1.29 is 19.7 Å². The van der Waals surface area contributed by atoms with Crippen LogP contribution in [0.15, 0.2) is 24.3 Å². The molecule has 1 unspecified atom stereocenters. The van der Waals surface area contributed by atoms with Crippen molar-refractivity contribution in [2.75, 3.05) is 6.61 Å². The van der Waals surface area contributed by atoms with Gasteiger partial charge in [0.15, 0.2) is 0 Å². The van der Waals surface area contributed by atoms with E-state index in [0.717, 1.165) is 5.56 Å². The monoisotopic (exact) mass is 281 g/mol. The third kappa shape index (κ3) is 4.83. The molecule has 1 rings (SSSR count). The molecule has 0 radical (unpaired) electrons. The first-order valence-corrected chi connectivity index (χ1v) is 6.71. The number of benzene rings is 1. The topological polar surface area (TPSA) is 78.8 Å². The summed E-state index contributed by atoms with van der Waals surface area (Å²) in [4.78, 5) is 11.3. The van der Waals surface area contributed by atoms with Gasteiger partial charge in [-0.15, -0.1) is 0 Å². The lowest BCUT2D eigenvalue weighted by molar-refractivity contribution is -0.145. The molecule has 0 aliphatic carbocycles. The molecule has 20 heavy (non-hydrogen) atoms. The normalized spacial score (nSPS) is 14.1. The number of carboxylic acid groups (broad SMARTS) is 1. The molecule has 0 heterocycles. The Morgan fingerprint density at radius 1 is 1.35 bits per heavy atom. The first-order valence-electron chi connectivity index (χ1n) is 6.71. The summed E-state index contributed by atoms with van der Waals surface area (Å²) in [6.45, 7) is 5.79. The van der Waals surface area contributed by atoms with Crippen LogP contribution in [0, 0.1) is 0 Å². The number of ether oxygens (including phenoxy) is 1. The number of hydrogen-bond donors (Lipinski definition) is 3. The molecule has 0 spiro atoms. The molecule has 1 aromatic rings. The fourth-order valence-electron chi connectivity index (χ4n) is 1.94. The highest BCUT2D eigenvalue weighted by molar-refractivity contribution is 5.78. The summed E-state index contributed by atoms with van der Waals surface area (Å²) >= 11 is 0. The predicted octanol–water partition coefficient (Wildman–Crippen LogP) is 1.79. The van der Waals surface area contributed by atoms with Crippen molar-refractivity contribution in [3.8, 4) is 5.75 Å². The van der Waals surface area contributed by atoms with Crippen LogP contribution in [0.4, 0.5) is 0 Å². The average Bonchev–Trinajstić information content (AvgIpc) is 2.38. The third-order valence-electron chi connectivity index (χ3n) is 3.06. The number of rotatable bonds is 8. The quantitative estimate of drug-likeness (QED) is 0.677. The molecule has 0 bridgehead atoms. The zero-order valence-electron chi connectivity index (χ0n) is 12.2. The standard InChI is InChI=1S/C15H23NO4/c1-11(2)16-15(3,14(18)19)8-9-20-13-6-4-12(10-17)5-7-13/h4-7,11,16-17H,8-10H2,1-3H3,(H,18,19). The van der Waals surface area contributed by atoms with E-state index in [9.17, 15) is 9.90 Å². The minimum Gasteiger partial charge on any atom is -0.494 e. The van der Waals surface area contributed by atoms with Crippen LogP contribution in [0.5, 0.6) is 5.75 Å². The van der Waals surface area contributed by atoms with Crippen molar-refractivity contribution in [3.05, 3.63) is 29.8 Å². The van der Waals surface area contributed by atoms with Crippen LogP contribution >= 0.6 is 0 Å². The lowest BCUT2D eigenvalue weighted by Gasteiger charge is -2.28.